The normalized spacial score (nSPS) is 14.7. The highest BCUT2D eigenvalue weighted by Crippen LogP contribution is 2.48. The third-order valence-corrected chi connectivity index (χ3v) is 5.87. The summed E-state index contributed by atoms with van der Waals surface area (Å²) in [4.78, 5) is 32.1. The van der Waals surface area contributed by atoms with Gasteiger partial charge in [0.1, 0.15) is 17.2 Å². The molecule has 1 aliphatic carbocycles. The van der Waals surface area contributed by atoms with Gasteiger partial charge in [0.15, 0.2) is 5.15 Å². The molecule has 0 spiro atoms. The van der Waals surface area contributed by atoms with Crippen LogP contribution in [-0.2, 0) is 14.9 Å². The summed E-state index contributed by atoms with van der Waals surface area (Å²) >= 11 is 6.03. The Kier molecular flexibility index (Phi) is 5.45. The maximum atomic E-state index is 12.4. The molecule has 1 saturated carbocycles. The zero-order valence-electron chi connectivity index (χ0n) is 18.4. The number of aliphatic carboxylic acids is 1. The third-order valence-electron chi connectivity index (χ3n) is 5.62. The molecule has 3 aromatic heterocycles. The maximum Gasteiger partial charge on any atom is 0.412 e. The Labute approximate surface area is 202 Å². The molecule has 0 bridgehead atoms. The van der Waals surface area contributed by atoms with Crippen LogP contribution in [-0.4, -0.2) is 32.3 Å². The molecule has 12 heteroatoms. The number of amides is 1. The van der Waals surface area contributed by atoms with Crippen molar-refractivity contribution in [1.29, 1.82) is 0 Å². The number of oxazole rings is 2. The molecule has 1 aliphatic rings. The number of carboxylic acid groups (broad SMARTS) is 1. The minimum atomic E-state index is -1.11. The predicted molar refractivity (Wildman–Crippen MR) is 120 cm³/mol. The van der Waals surface area contributed by atoms with Crippen LogP contribution in [0.1, 0.15) is 54.5 Å². The van der Waals surface area contributed by atoms with E-state index in [2.05, 4.69) is 32.3 Å². The highest BCUT2D eigenvalue weighted by Gasteiger charge is 2.56. The number of rotatable bonds is 5. The molecule has 1 aromatic carbocycles. The van der Waals surface area contributed by atoms with Crippen molar-refractivity contribution in [2.75, 3.05) is 5.32 Å². The van der Waals surface area contributed by atoms with Crippen LogP contribution < -0.4 is 5.32 Å². The van der Waals surface area contributed by atoms with Gasteiger partial charge in [-0.2, -0.15) is 9.97 Å². The van der Waals surface area contributed by atoms with Crippen LogP contribution in [0.5, 0.6) is 0 Å². The van der Waals surface area contributed by atoms with Crippen LogP contribution in [0, 0.1) is 18.8 Å². The molecular formula is C23H17ClN4O7. The van der Waals surface area contributed by atoms with Gasteiger partial charge in [-0.25, -0.2) is 4.79 Å². The molecule has 0 saturated heterocycles. The fourth-order valence-corrected chi connectivity index (χ4v) is 3.69. The van der Waals surface area contributed by atoms with Crippen molar-refractivity contribution in [1.82, 2.24) is 15.1 Å². The molecule has 1 unspecified atom stereocenters. The van der Waals surface area contributed by atoms with Crippen molar-refractivity contribution < 1.29 is 32.8 Å². The fraction of sp³-hybridized carbons (Fsp3) is 0.261. The van der Waals surface area contributed by atoms with Gasteiger partial charge < -0.3 is 23.2 Å². The molecule has 1 atom stereocenters. The average Bonchev–Trinajstić information content (AvgIpc) is 3.25. The van der Waals surface area contributed by atoms with E-state index in [4.69, 9.17) is 29.7 Å². The number of hydrogen-bond acceptors (Lipinski definition) is 9. The van der Waals surface area contributed by atoms with Gasteiger partial charge in [0.25, 0.3) is 5.89 Å². The van der Waals surface area contributed by atoms with Crippen molar-refractivity contribution >= 4 is 40.8 Å². The SMILES string of the molecule is Cc1ccccc1C(C)OC(=O)Nc1c(Cl)noc1C#Cc1nc2nc(C3(C(=O)O)CC3)oc2o1. The smallest absolute Gasteiger partial charge is 0.412 e. The van der Waals surface area contributed by atoms with Crippen molar-refractivity contribution in [3.8, 4) is 11.8 Å². The first-order chi connectivity index (χ1) is 16.8. The van der Waals surface area contributed by atoms with Gasteiger partial charge in [0.05, 0.1) is 0 Å². The van der Waals surface area contributed by atoms with Crippen LogP contribution >= 0.6 is 11.6 Å². The first-order valence-electron chi connectivity index (χ1n) is 10.5. The van der Waals surface area contributed by atoms with Gasteiger partial charge in [-0.1, -0.05) is 41.0 Å². The van der Waals surface area contributed by atoms with Crippen LogP contribution in [0.15, 0.2) is 37.6 Å². The lowest BCUT2D eigenvalue weighted by Crippen LogP contribution is -2.19. The van der Waals surface area contributed by atoms with Gasteiger partial charge in [0.2, 0.25) is 17.3 Å². The number of nitrogens with zero attached hydrogens (tertiary/aromatic N) is 3. The monoisotopic (exact) mass is 496 g/mol. The summed E-state index contributed by atoms with van der Waals surface area (Å²) in [5, 5.41) is 15.3. The standard InChI is InChI=1S/C23H17ClN4O7/c1-11-5-3-4-6-13(11)12(2)32-22(31)26-16-14(35-28-17(16)24)7-8-15-25-18-19(33-15)34-20(27-18)23(9-10-23)21(29)30/h3-6,12H,9-10H2,1-2H3,(H,26,31)(H,29,30). The van der Waals surface area contributed by atoms with Crippen molar-refractivity contribution in [3.05, 3.63) is 58.1 Å². The average molecular weight is 497 g/mol. The summed E-state index contributed by atoms with van der Waals surface area (Å²) in [6.07, 6.45) is -0.411. The van der Waals surface area contributed by atoms with Gasteiger partial charge in [-0.05, 0) is 43.7 Å². The number of carboxylic acids is 1. The molecule has 178 valence electrons. The van der Waals surface area contributed by atoms with E-state index < -0.39 is 23.6 Å². The lowest BCUT2D eigenvalue weighted by molar-refractivity contribution is -0.140. The summed E-state index contributed by atoms with van der Waals surface area (Å²) in [6, 6.07) is 7.54. The Balaban J connectivity index is 1.30. The number of halogens is 1. The van der Waals surface area contributed by atoms with Crippen LogP contribution in [0.4, 0.5) is 10.5 Å². The predicted octanol–water partition coefficient (Wildman–Crippen LogP) is 4.59. The minimum Gasteiger partial charge on any atom is -0.480 e. The lowest BCUT2D eigenvalue weighted by atomic mass is 10.1. The van der Waals surface area contributed by atoms with E-state index in [0.717, 1.165) is 11.1 Å². The van der Waals surface area contributed by atoms with E-state index >= 15 is 0 Å². The van der Waals surface area contributed by atoms with Crippen LogP contribution in [0.25, 0.3) is 11.4 Å². The van der Waals surface area contributed by atoms with Gasteiger partial charge in [-0.3, -0.25) is 10.1 Å². The van der Waals surface area contributed by atoms with Crippen molar-refractivity contribution in [3.63, 3.8) is 0 Å². The van der Waals surface area contributed by atoms with E-state index in [0.29, 0.717) is 12.8 Å². The summed E-state index contributed by atoms with van der Waals surface area (Å²) in [5.41, 5.74) is 0.849. The van der Waals surface area contributed by atoms with E-state index in [1.54, 1.807) is 6.92 Å². The number of carbonyl (C=O) groups excluding carboxylic acids is 1. The highest BCUT2D eigenvalue weighted by atomic mass is 35.5. The second-order valence-corrected chi connectivity index (χ2v) is 8.35. The topological polar surface area (TPSA) is 154 Å². The second-order valence-electron chi connectivity index (χ2n) is 7.99. The van der Waals surface area contributed by atoms with E-state index in [9.17, 15) is 14.7 Å². The number of benzene rings is 1. The third kappa shape index (κ3) is 4.20. The number of aryl methyl sites for hydroxylation is 1. The number of fused-ring (bicyclic) bond motifs is 1. The number of hydrogen-bond donors (Lipinski definition) is 2. The van der Waals surface area contributed by atoms with Crippen molar-refractivity contribution in [2.45, 2.75) is 38.2 Å². The van der Waals surface area contributed by atoms with Crippen LogP contribution in [0.3, 0.4) is 0 Å². The first kappa shape index (κ1) is 22.5. The summed E-state index contributed by atoms with van der Waals surface area (Å²) < 4.78 is 21.3. The van der Waals surface area contributed by atoms with E-state index in [1.165, 1.54) is 0 Å². The molecule has 1 amide bonds. The number of aromatic nitrogens is 3. The summed E-state index contributed by atoms with van der Waals surface area (Å²) in [5.74, 6) is 4.12. The van der Waals surface area contributed by atoms with E-state index in [-0.39, 0.29) is 39.8 Å². The Morgan fingerprint density at radius 1 is 1.23 bits per heavy atom. The Hall–Kier alpha value is -4.30. The molecule has 11 nitrogen and oxygen atoms in total. The molecule has 2 N–H and O–H groups in total. The molecular weight excluding hydrogens is 480 g/mol. The molecule has 35 heavy (non-hydrogen) atoms. The molecule has 5 rings (SSSR count). The molecule has 4 aromatic rings. The molecule has 0 radical (unpaired) electrons. The quantitative estimate of drug-likeness (QED) is 0.375. The molecule has 1 fully saturated rings. The Morgan fingerprint density at radius 3 is 2.69 bits per heavy atom. The van der Waals surface area contributed by atoms with Gasteiger partial charge >= 0.3 is 17.8 Å². The Morgan fingerprint density at radius 2 is 2.00 bits per heavy atom. The van der Waals surface area contributed by atoms with Gasteiger partial charge in [-0.15, -0.1) is 0 Å². The summed E-state index contributed by atoms with van der Waals surface area (Å²) in [7, 11) is 0. The zero-order valence-corrected chi connectivity index (χ0v) is 19.2. The van der Waals surface area contributed by atoms with E-state index in [1.807, 2.05) is 31.2 Å². The fourth-order valence-electron chi connectivity index (χ4n) is 3.52. The van der Waals surface area contributed by atoms with Gasteiger partial charge in [0, 0.05) is 5.92 Å². The largest absolute Gasteiger partial charge is 0.480 e. The van der Waals surface area contributed by atoms with Crippen LogP contribution in [0.2, 0.25) is 5.15 Å². The number of ether oxygens (including phenoxy) is 1. The highest BCUT2D eigenvalue weighted by molar-refractivity contribution is 6.32. The van der Waals surface area contributed by atoms with Crippen molar-refractivity contribution in [2.24, 2.45) is 0 Å². The Bertz CT molecular complexity index is 1490. The molecule has 3 heterocycles. The number of carbonyl (C=O) groups is 2. The zero-order chi connectivity index (χ0) is 24.7. The maximum absolute atomic E-state index is 12.4. The lowest BCUT2D eigenvalue weighted by Gasteiger charge is -2.15. The minimum absolute atomic E-state index is 0.0222. The number of nitrogens with one attached hydrogen (secondary N) is 1. The first-order valence-corrected chi connectivity index (χ1v) is 10.9. The summed E-state index contributed by atoms with van der Waals surface area (Å²) in [6.45, 7) is 3.67. The number of anilines is 1. The molecule has 0 aliphatic heterocycles. The second kappa shape index (κ2) is 8.48.